The van der Waals surface area contributed by atoms with E-state index in [2.05, 4.69) is 9.88 Å². The average Bonchev–Trinajstić information content (AvgIpc) is 3.16. The summed E-state index contributed by atoms with van der Waals surface area (Å²) in [5, 5.41) is 1.98. The number of thiophene rings is 1. The van der Waals surface area contributed by atoms with Gasteiger partial charge in [-0.1, -0.05) is 25.3 Å². The molecule has 2 aliphatic rings. The van der Waals surface area contributed by atoms with Crippen molar-refractivity contribution in [1.29, 1.82) is 0 Å². The zero-order valence-corrected chi connectivity index (χ0v) is 17.2. The van der Waals surface area contributed by atoms with Crippen LogP contribution in [0.2, 0.25) is 0 Å². The summed E-state index contributed by atoms with van der Waals surface area (Å²) in [4.78, 5) is 33.7. The number of pyridine rings is 1. The SMILES string of the molecule is O=C(c1ccc(-c2cccs2)[nH]c1=O)N1CCCN(CC2CCCCC2)CC1. The van der Waals surface area contributed by atoms with Crippen molar-refractivity contribution in [2.24, 2.45) is 5.92 Å². The number of carbonyl (C=O) groups is 1. The highest BCUT2D eigenvalue weighted by Crippen LogP contribution is 2.25. The van der Waals surface area contributed by atoms with Crippen molar-refractivity contribution >= 4 is 17.2 Å². The molecule has 1 aliphatic heterocycles. The van der Waals surface area contributed by atoms with Crippen molar-refractivity contribution in [3.8, 4) is 10.6 Å². The molecule has 2 aromatic heterocycles. The molecular weight excluding hydrogens is 370 g/mol. The normalized spacial score (nSPS) is 19.5. The molecule has 2 aromatic rings. The van der Waals surface area contributed by atoms with Crippen LogP contribution in [-0.2, 0) is 0 Å². The summed E-state index contributed by atoms with van der Waals surface area (Å²) in [6, 6.07) is 7.44. The molecule has 1 N–H and O–H groups in total. The van der Waals surface area contributed by atoms with Crippen molar-refractivity contribution in [2.75, 3.05) is 32.7 Å². The monoisotopic (exact) mass is 399 g/mol. The van der Waals surface area contributed by atoms with Gasteiger partial charge in [0.2, 0.25) is 0 Å². The second-order valence-corrected chi connectivity index (χ2v) is 8.99. The molecule has 1 saturated heterocycles. The van der Waals surface area contributed by atoms with Gasteiger partial charge in [-0.25, -0.2) is 0 Å². The van der Waals surface area contributed by atoms with Crippen LogP contribution in [0, 0.1) is 5.92 Å². The van der Waals surface area contributed by atoms with Crippen LogP contribution < -0.4 is 5.56 Å². The maximum atomic E-state index is 13.0. The van der Waals surface area contributed by atoms with Crippen molar-refractivity contribution in [1.82, 2.24) is 14.8 Å². The van der Waals surface area contributed by atoms with E-state index in [9.17, 15) is 9.59 Å². The highest BCUT2D eigenvalue weighted by Gasteiger charge is 2.24. The molecule has 0 unspecified atom stereocenters. The molecule has 0 aromatic carbocycles. The van der Waals surface area contributed by atoms with Crippen LogP contribution >= 0.6 is 11.3 Å². The maximum Gasteiger partial charge on any atom is 0.261 e. The number of rotatable bonds is 4. The summed E-state index contributed by atoms with van der Waals surface area (Å²) in [5.74, 6) is 0.683. The van der Waals surface area contributed by atoms with Gasteiger partial charge in [-0.05, 0) is 55.3 Å². The number of hydrogen-bond acceptors (Lipinski definition) is 4. The van der Waals surface area contributed by atoms with E-state index in [0.29, 0.717) is 6.54 Å². The van der Waals surface area contributed by atoms with E-state index in [0.717, 1.165) is 49.1 Å². The van der Waals surface area contributed by atoms with E-state index in [-0.39, 0.29) is 17.0 Å². The summed E-state index contributed by atoms with van der Waals surface area (Å²) < 4.78 is 0. The van der Waals surface area contributed by atoms with Gasteiger partial charge in [-0.15, -0.1) is 11.3 Å². The fourth-order valence-corrected chi connectivity index (χ4v) is 5.19. The quantitative estimate of drug-likeness (QED) is 0.850. The molecule has 1 saturated carbocycles. The Bertz CT molecular complexity index is 840. The standard InChI is InChI=1S/C22H29N3O2S/c26-21-18(9-10-19(23-21)20-8-4-15-28-20)22(27)25-12-5-11-24(13-14-25)16-17-6-2-1-3-7-17/h4,8-10,15,17H,1-3,5-7,11-14,16H2,(H,23,26). The van der Waals surface area contributed by atoms with Crippen molar-refractivity contribution < 1.29 is 4.79 Å². The first-order valence-electron chi connectivity index (χ1n) is 10.5. The first kappa shape index (κ1) is 19.4. The van der Waals surface area contributed by atoms with E-state index in [1.54, 1.807) is 17.4 Å². The molecule has 4 rings (SSSR count). The van der Waals surface area contributed by atoms with E-state index in [4.69, 9.17) is 0 Å². The van der Waals surface area contributed by atoms with Crippen LogP contribution in [-0.4, -0.2) is 53.4 Å². The first-order valence-corrected chi connectivity index (χ1v) is 11.4. The molecule has 6 heteroatoms. The number of aromatic amines is 1. The third-order valence-corrected chi connectivity index (χ3v) is 6.95. The predicted octanol–water partition coefficient (Wildman–Crippen LogP) is 3.83. The third kappa shape index (κ3) is 4.55. The molecule has 2 fully saturated rings. The Balaban J connectivity index is 1.39. The number of amides is 1. The Kier molecular flexibility index (Phi) is 6.27. The number of hydrogen-bond donors (Lipinski definition) is 1. The smallest absolute Gasteiger partial charge is 0.261 e. The second-order valence-electron chi connectivity index (χ2n) is 8.04. The van der Waals surface area contributed by atoms with Gasteiger partial charge in [0.15, 0.2) is 0 Å². The Hall–Kier alpha value is -1.92. The highest BCUT2D eigenvalue weighted by atomic mass is 32.1. The minimum atomic E-state index is -0.292. The van der Waals surface area contributed by atoms with Crippen LogP contribution in [0.4, 0.5) is 0 Å². The number of carbonyl (C=O) groups excluding carboxylic acids is 1. The molecule has 0 bridgehead atoms. The summed E-state index contributed by atoms with van der Waals surface area (Å²) in [6.07, 6.45) is 7.80. The van der Waals surface area contributed by atoms with Crippen molar-refractivity contribution in [2.45, 2.75) is 38.5 Å². The van der Waals surface area contributed by atoms with Gasteiger partial charge in [0, 0.05) is 26.2 Å². The van der Waals surface area contributed by atoms with Gasteiger partial charge in [0.25, 0.3) is 11.5 Å². The van der Waals surface area contributed by atoms with Crippen LogP contribution in [0.15, 0.2) is 34.4 Å². The molecule has 0 radical (unpaired) electrons. The number of nitrogens with zero attached hydrogens (tertiary/aromatic N) is 2. The summed E-state index contributed by atoms with van der Waals surface area (Å²) in [7, 11) is 0. The van der Waals surface area contributed by atoms with Crippen LogP contribution in [0.5, 0.6) is 0 Å². The Labute approximate surface area is 170 Å². The lowest BCUT2D eigenvalue weighted by molar-refractivity contribution is 0.0758. The fraction of sp³-hybridized carbons (Fsp3) is 0.545. The fourth-order valence-electron chi connectivity index (χ4n) is 4.48. The lowest BCUT2D eigenvalue weighted by atomic mass is 9.89. The minimum Gasteiger partial charge on any atom is -0.337 e. The largest absolute Gasteiger partial charge is 0.337 e. The zero-order valence-electron chi connectivity index (χ0n) is 16.4. The molecule has 150 valence electrons. The maximum absolute atomic E-state index is 13.0. The van der Waals surface area contributed by atoms with Gasteiger partial charge in [0.1, 0.15) is 5.56 Å². The van der Waals surface area contributed by atoms with Crippen LogP contribution in [0.1, 0.15) is 48.9 Å². The van der Waals surface area contributed by atoms with Gasteiger partial charge >= 0.3 is 0 Å². The van der Waals surface area contributed by atoms with Gasteiger partial charge in [-0.3, -0.25) is 9.59 Å². The van der Waals surface area contributed by atoms with Gasteiger partial charge in [0.05, 0.1) is 10.6 Å². The summed E-state index contributed by atoms with van der Waals surface area (Å²) in [6.45, 7) is 4.56. The minimum absolute atomic E-state index is 0.140. The topological polar surface area (TPSA) is 56.4 Å². The Morgan fingerprint density at radius 2 is 1.89 bits per heavy atom. The molecule has 1 aliphatic carbocycles. The molecular formula is C22H29N3O2S. The van der Waals surface area contributed by atoms with E-state index >= 15 is 0 Å². The van der Waals surface area contributed by atoms with E-state index in [1.165, 1.54) is 32.1 Å². The lowest BCUT2D eigenvalue weighted by Crippen LogP contribution is -2.38. The van der Waals surface area contributed by atoms with Crippen molar-refractivity contribution in [3.05, 3.63) is 45.6 Å². The number of nitrogens with one attached hydrogen (secondary N) is 1. The first-order chi connectivity index (χ1) is 13.7. The molecule has 3 heterocycles. The summed E-state index contributed by atoms with van der Waals surface area (Å²) in [5.41, 5.74) is 0.728. The summed E-state index contributed by atoms with van der Waals surface area (Å²) >= 11 is 1.57. The van der Waals surface area contributed by atoms with Crippen LogP contribution in [0.3, 0.4) is 0 Å². The van der Waals surface area contributed by atoms with Gasteiger partial charge < -0.3 is 14.8 Å². The van der Waals surface area contributed by atoms with Gasteiger partial charge in [-0.2, -0.15) is 0 Å². The van der Waals surface area contributed by atoms with Crippen LogP contribution in [0.25, 0.3) is 10.6 Å². The number of aromatic nitrogens is 1. The average molecular weight is 400 g/mol. The lowest BCUT2D eigenvalue weighted by Gasteiger charge is -2.28. The zero-order chi connectivity index (χ0) is 19.3. The van der Waals surface area contributed by atoms with E-state index < -0.39 is 0 Å². The third-order valence-electron chi connectivity index (χ3n) is 6.04. The Morgan fingerprint density at radius 3 is 2.64 bits per heavy atom. The Morgan fingerprint density at radius 1 is 1.04 bits per heavy atom. The molecule has 1 amide bonds. The number of H-pyrrole nitrogens is 1. The molecule has 0 atom stereocenters. The highest BCUT2D eigenvalue weighted by molar-refractivity contribution is 7.13. The second kappa shape index (κ2) is 9.05. The molecule has 28 heavy (non-hydrogen) atoms. The predicted molar refractivity (Wildman–Crippen MR) is 114 cm³/mol. The molecule has 0 spiro atoms. The van der Waals surface area contributed by atoms with E-state index in [1.807, 2.05) is 28.5 Å². The van der Waals surface area contributed by atoms with Crippen molar-refractivity contribution in [3.63, 3.8) is 0 Å². The molecule has 5 nitrogen and oxygen atoms in total.